The van der Waals surface area contributed by atoms with Crippen molar-refractivity contribution in [3.8, 4) is 5.75 Å². The summed E-state index contributed by atoms with van der Waals surface area (Å²) in [5.41, 5.74) is 10.6. The maximum Gasteiger partial charge on any atom is 0.121 e. The van der Waals surface area contributed by atoms with E-state index in [1.54, 1.807) is 7.11 Å². The van der Waals surface area contributed by atoms with E-state index in [4.69, 9.17) is 10.5 Å². The highest BCUT2D eigenvalue weighted by molar-refractivity contribution is 5.40. The number of hydrogen-bond donors (Lipinski definition) is 1. The zero-order valence-electron chi connectivity index (χ0n) is 13.6. The first kappa shape index (κ1) is 15.6. The summed E-state index contributed by atoms with van der Waals surface area (Å²) in [6, 6.07) is 8.42. The van der Waals surface area contributed by atoms with Crippen LogP contribution in [0.4, 0.5) is 0 Å². The predicted octanol–water partition coefficient (Wildman–Crippen LogP) is 2.95. The number of nitrogens with zero attached hydrogens (tertiary/aromatic N) is 2. The lowest BCUT2D eigenvalue weighted by atomic mass is 9.93. The first-order valence-electron chi connectivity index (χ1n) is 7.36. The van der Waals surface area contributed by atoms with E-state index in [0.29, 0.717) is 12.5 Å². The number of aryl methyl sites for hydroxylation is 2. The van der Waals surface area contributed by atoms with E-state index in [-0.39, 0.29) is 5.92 Å². The number of methoxy groups -OCH3 is 1. The van der Waals surface area contributed by atoms with Crippen LogP contribution in [-0.2, 0) is 7.05 Å². The summed E-state index contributed by atoms with van der Waals surface area (Å²) in [7, 11) is 3.68. The minimum atomic E-state index is 0.152. The molecule has 0 aliphatic heterocycles. The van der Waals surface area contributed by atoms with E-state index in [1.807, 2.05) is 17.8 Å². The fraction of sp³-hybridized carbons (Fsp3) is 0.471. The molecule has 2 aromatic rings. The van der Waals surface area contributed by atoms with E-state index in [2.05, 4.69) is 44.1 Å². The van der Waals surface area contributed by atoms with Gasteiger partial charge in [0.15, 0.2) is 0 Å². The van der Waals surface area contributed by atoms with E-state index in [0.717, 1.165) is 22.7 Å². The van der Waals surface area contributed by atoms with Gasteiger partial charge in [0.2, 0.25) is 0 Å². The van der Waals surface area contributed by atoms with Gasteiger partial charge in [0.05, 0.1) is 12.8 Å². The highest BCUT2D eigenvalue weighted by atomic mass is 16.5. The molecule has 114 valence electrons. The zero-order chi connectivity index (χ0) is 15.6. The van der Waals surface area contributed by atoms with Gasteiger partial charge < -0.3 is 10.5 Å². The molecular weight excluding hydrogens is 262 g/mol. The minimum absolute atomic E-state index is 0.152. The van der Waals surface area contributed by atoms with Crippen molar-refractivity contribution in [1.29, 1.82) is 0 Å². The van der Waals surface area contributed by atoms with E-state index in [9.17, 15) is 0 Å². The Hall–Kier alpha value is -1.81. The second-order valence-electron chi connectivity index (χ2n) is 5.79. The standard InChI is InChI=1S/C17H25N3O/c1-11(2)15-9-16(20(4)19-15)14(10-18)13-6-7-17(21-5)12(3)8-13/h6-9,11,14H,10,18H2,1-5H3. The Morgan fingerprint density at radius 1 is 1.29 bits per heavy atom. The van der Waals surface area contributed by atoms with Gasteiger partial charge in [-0.2, -0.15) is 5.10 Å². The zero-order valence-corrected chi connectivity index (χ0v) is 13.6. The Balaban J connectivity index is 2.42. The largest absolute Gasteiger partial charge is 0.496 e. The molecule has 0 radical (unpaired) electrons. The number of aromatic nitrogens is 2. The summed E-state index contributed by atoms with van der Waals surface area (Å²) in [6.07, 6.45) is 0. The normalized spacial score (nSPS) is 12.7. The van der Waals surface area contributed by atoms with Crippen molar-refractivity contribution in [2.24, 2.45) is 12.8 Å². The van der Waals surface area contributed by atoms with Gasteiger partial charge in [-0.1, -0.05) is 26.0 Å². The third-order valence-electron chi connectivity index (χ3n) is 3.94. The Morgan fingerprint density at radius 2 is 2.00 bits per heavy atom. The number of hydrogen-bond acceptors (Lipinski definition) is 3. The molecule has 1 heterocycles. The molecule has 4 nitrogen and oxygen atoms in total. The highest BCUT2D eigenvalue weighted by Gasteiger charge is 2.19. The molecule has 1 unspecified atom stereocenters. The lowest BCUT2D eigenvalue weighted by molar-refractivity contribution is 0.411. The van der Waals surface area contributed by atoms with Gasteiger partial charge in [0, 0.05) is 25.2 Å². The Labute approximate surface area is 126 Å². The molecule has 1 aromatic heterocycles. The monoisotopic (exact) mass is 287 g/mol. The van der Waals surface area contributed by atoms with Crippen molar-refractivity contribution in [2.45, 2.75) is 32.6 Å². The van der Waals surface area contributed by atoms with Crippen LogP contribution in [0.2, 0.25) is 0 Å². The summed E-state index contributed by atoms with van der Waals surface area (Å²) in [5, 5.41) is 4.60. The summed E-state index contributed by atoms with van der Waals surface area (Å²) < 4.78 is 7.28. The van der Waals surface area contributed by atoms with Crippen molar-refractivity contribution >= 4 is 0 Å². The van der Waals surface area contributed by atoms with Gasteiger partial charge in [0.25, 0.3) is 0 Å². The maximum atomic E-state index is 6.04. The second kappa shape index (κ2) is 6.31. The molecule has 0 spiro atoms. The maximum absolute atomic E-state index is 6.04. The summed E-state index contributed by atoms with van der Waals surface area (Å²) in [6.45, 7) is 6.92. The molecule has 1 aromatic carbocycles. The number of nitrogens with two attached hydrogens (primary N) is 1. The molecule has 1 atom stereocenters. The molecule has 0 saturated heterocycles. The van der Waals surface area contributed by atoms with Crippen LogP contribution >= 0.6 is 0 Å². The summed E-state index contributed by atoms with van der Waals surface area (Å²) in [5.74, 6) is 1.47. The molecule has 4 heteroatoms. The molecular formula is C17H25N3O. The molecule has 0 bridgehead atoms. The SMILES string of the molecule is COc1ccc(C(CN)c2cc(C(C)C)nn2C)cc1C. The van der Waals surface area contributed by atoms with Crippen LogP contribution in [0.3, 0.4) is 0 Å². The van der Waals surface area contributed by atoms with Crippen molar-refractivity contribution in [1.82, 2.24) is 9.78 Å². The van der Waals surface area contributed by atoms with Crippen LogP contribution in [0, 0.1) is 6.92 Å². The molecule has 0 fully saturated rings. The van der Waals surface area contributed by atoms with Gasteiger partial charge in [-0.3, -0.25) is 4.68 Å². The van der Waals surface area contributed by atoms with Gasteiger partial charge in [0.1, 0.15) is 5.75 Å². The third kappa shape index (κ3) is 3.10. The Morgan fingerprint density at radius 3 is 2.48 bits per heavy atom. The first-order valence-corrected chi connectivity index (χ1v) is 7.36. The molecule has 0 saturated carbocycles. The fourth-order valence-electron chi connectivity index (χ4n) is 2.66. The lowest BCUT2D eigenvalue weighted by Crippen LogP contribution is -2.17. The van der Waals surface area contributed by atoms with Crippen molar-refractivity contribution in [2.75, 3.05) is 13.7 Å². The quantitative estimate of drug-likeness (QED) is 0.920. The van der Waals surface area contributed by atoms with Crippen LogP contribution in [0.1, 0.15) is 48.2 Å². The van der Waals surface area contributed by atoms with E-state index >= 15 is 0 Å². The summed E-state index contributed by atoms with van der Waals surface area (Å²) in [4.78, 5) is 0. The van der Waals surface area contributed by atoms with Crippen LogP contribution in [0.25, 0.3) is 0 Å². The van der Waals surface area contributed by atoms with Gasteiger partial charge in [-0.15, -0.1) is 0 Å². The molecule has 0 amide bonds. The molecule has 0 aliphatic rings. The average Bonchev–Trinajstić information content (AvgIpc) is 2.82. The van der Waals surface area contributed by atoms with Crippen LogP contribution in [0.15, 0.2) is 24.3 Å². The molecule has 21 heavy (non-hydrogen) atoms. The fourth-order valence-corrected chi connectivity index (χ4v) is 2.66. The molecule has 0 aliphatic carbocycles. The van der Waals surface area contributed by atoms with Gasteiger partial charge in [-0.05, 0) is 36.1 Å². The second-order valence-corrected chi connectivity index (χ2v) is 5.79. The van der Waals surface area contributed by atoms with Crippen LogP contribution in [-0.4, -0.2) is 23.4 Å². The third-order valence-corrected chi connectivity index (χ3v) is 3.94. The van der Waals surface area contributed by atoms with Gasteiger partial charge >= 0.3 is 0 Å². The summed E-state index contributed by atoms with van der Waals surface area (Å²) >= 11 is 0. The molecule has 2 rings (SSSR count). The van der Waals surface area contributed by atoms with Crippen LogP contribution in [0.5, 0.6) is 5.75 Å². The number of ether oxygens (including phenoxy) is 1. The Bertz CT molecular complexity index is 616. The predicted molar refractivity (Wildman–Crippen MR) is 85.9 cm³/mol. The number of benzene rings is 1. The van der Waals surface area contributed by atoms with Crippen molar-refractivity contribution in [3.63, 3.8) is 0 Å². The smallest absolute Gasteiger partial charge is 0.121 e. The lowest BCUT2D eigenvalue weighted by Gasteiger charge is -2.17. The van der Waals surface area contributed by atoms with Crippen LogP contribution < -0.4 is 10.5 Å². The number of rotatable bonds is 5. The Kier molecular flexibility index (Phi) is 4.68. The average molecular weight is 287 g/mol. The van der Waals surface area contributed by atoms with E-state index < -0.39 is 0 Å². The van der Waals surface area contributed by atoms with Crippen molar-refractivity contribution < 1.29 is 4.74 Å². The first-order chi connectivity index (χ1) is 9.97. The van der Waals surface area contributed by atoms with Crippen molar-refractivity contribution in [3.05, 3.63) is 46.8 Å². The van der Waals surface area contributed by atoms with Gasteiger partial charge in [-0.25, -0.2) is 0 Å². The van der Waals surface area contributed by atoms with E-state index in [1.165, 1.54) is 5.56 Å². The topological polar surface area (TPSA) is 53.1 Å². The highest BCUT2D eigenvalue weighted by Crippen LogP contribution is 2.29. The molecule has 2 N–H and O–H groups in total. The minimum Gasteiger partial charge on any atom is -0.496 e.